The van der Waals surface area contributed by atoms with E-state index in [0.29, 0.717) is 18.2 Å². The van der Waals surface area contributed by atoms with Crippen LogP contribution in [0.2, 0.25) is 0 Å². The van der Waals surface area contributed by atoms with Gasteiger partial charge in [0.15, 0.2) is 0 Å². The molecule has 0 aliphatic carbocycles. The largest absolute Gasteiger partial charge is 0.353 e. The van der Waals surface area contributed by atoms with E-state index in [-0.39, 0.29) is 11.9 Å². The molecule has 21 heavy (non-hydrogen) atoms. The first-order valence-electron chi connectivity index (χ1n) is 7.43. The number of alkyl halides is 1. The molecule has 112 valence electrons. The van der Waals surface area contributed by atoms with Crippen molar-refractivity contribution in [1.29, 1.82) is 0 Å². The Morgan fingerprint density at radius 3 is 2.52 bits per heavy atom. The van der Waals surface area contributed by atoms with E-state index >= 15 is 0 Å². The Hall–Kier alpha value is -1.54. The zero-order valence-corrected chi connectivity index (χ0v) is 13.4. The fourth-order valence-corrected chi connectivity index (χ4v) is 2.72. The quantitative estimate of drug-likeness (QED) is 0.798. The van der Waals surface area contributed by atoms with Gasteiger partial charge in [0.05, 0.1) is 6.42 Å². The molecule has 2 rings (SSSR count). The second kappa shape index (κ2) is 7.46. The predicted octanol–water partition coefficient (Wildman–Crippen LogP) is 4.15. The van der Waals surface area contributed by atoms with E-state index in [2.05, 4.69) is 43.4 Å². The minimum absolute atomic E-state index is 0.0640. The normalized spacial score (nSPS) is 12.6. The summed E-state index contributed by atoms with van der Waals surface area (Å²) in [6, 6.07) is 14.5. The van der Waals surface area contributed by atoms with Crippen LogP contribution >= 0.6 is 11.6 Å². The molecule has 0 fully saturated rings. The van der Waals surface area contributed by atoms with Crippen molar-refractivity contribution in [2.24, 2.45) is 5.92 Å². The maximum absolute atomic E-state index is 12.2. The van der Waals surface area contributed by atoms with Gasteiger partial charge in [0.1, 0.15) is 0 Å². The fraction of sp³-hybridized carbons (Fsp3) is 0.389. The lowest BCUT2D eigenvalue weighted by atomic mass is 10.0. The first-order valence-corrected chi connectivity index (χ1v) is 7.96. The van der Waals surface area contributed by atoms with E-state index in [1.165, 1.54) is 10.8 Å². The topological polar surface area (TPSA) is 29.1 Å². The summed E-state index contributed by atoms with van der Waals surface area (Å²) in [6.07, 6.45) is 1.22. The summed E-state index contributed by atoms with van der Waals surface area (Å²) in [5.41, 5.74) is 1.04. The van der Waals surface area contributed by atoms with Gasteiger partial charge >= 0.3 is 0 Å². The summed E-state index contributed by atoms with van der Waals surface area (Å²) in [4.78, 5) is 12.2. The van der Waals surface area contributed by atoms with Gasteiger partial charge in [-0.1, -0.05) is 56.3 Å². The Balaban J connectivity index is 2.03. The molecule has 0 heterocycles. The molecule has 1 atom stereocenters. The summed E-state index contributed by atoms with van der Waals surface area (Å²) in [6.45, 7) is 4.21. The lowest BCUT2D eigenvalue weighted by Gasteiger charge is -2.21. The van der Waals surface area contributed by atoms with Crippen LogP contribution in [0, 0.1) is 5.92 Å². The maximum Gasteiger partial charge on any atom is 0.224 e. The van der Waals surface area contributed by atoms with E-state index in [1.54, 1.807) is 0 Å². The van der Waals surface area contributed by atoms with Crippen LogP contribution in [0.4, 0.5) is 0 Å². The van der Waals surface area contributed by atoms with Gasteiger partial charge in [0.2, 0.25) is 5.91 Å². The lowest BCUT2D eigenvalue weighted by molar-refractivity contribution is -0.121. The average molecular weight is 304 g/mol. The highest BCUT2D eigenvalue weighted by molar-refractivity contribution is 6.17. The summed E-state index contributed by atoms with van der Waals surface area (Å²) in [5.74, 6) is 1.03. The lowest BCUT2D eigenvalue weighted by Crippen LogP contribution is -2.39. The van der Waals surface area contributed by atoms with Crippen LogP contribution in [0.25, 0.3) is 10.8 Å². The van der Waals surface area contributed by atoms with Gasteiger partial charge in [0, 0.05) is 11.9 Å². The van der Waals surface area contributed by atoms with E-state index in [1.807, 2.05) is 18.2 Å². The molecule has 0 aliphatic rings. The third-order valence-corrected chi connectivity index (χ3v) is 3.97. The molecule has 0 aliphatic heterocycles. The summed E-state index contributed by atoms with van der Waals surface area (Å²) < 4.78 is 0. The number of amides is 1. The number of nitrogens with one attached hydrogen (secondary N) is 1. The fourth-order valence-electron chi connectivity index (χ4n) is 2.48. The molecule has 2 nitrogen and oxygen atoms in total. The van der Waals surface area contributed by atoms with Crippen molar-refractivity contribution in [3.05, 3.63) is 48.0 Å². The van der Waals surface area contributed by atoms with E-state index in [4.69, 9.17) is 11.6 Å². The molecule has 1 N–H and O–H groups in total. The number of fused-ring (bicyclic) bond motifs is 1. The van der Waals surface area contributed by atoms with Gasteiger partial charge in [0.25, 0.3) is 0 Å². The zero-order chi connectivity index (χ0) is 15.2. The Morgan fingerprint density at radius 1 is 1.14 bits per heavy atom. The van der Waals surface area contributed by atoms with Crippen LogP contribution in [-0.4, -0.2) is 17.8 Å². The third-order valence-electron chi connectivity index (χ3n) is 3.75. The number of hydrogen-bond donors (Lipinski definition) is 1. The molecule has 0 spiro atoms. The van der Waals surface area contributed by atoms with Crippen LogP contribution in [0.3, 0.4) is 0 Å². The highest BCUT2D eigenvalue weighted by Crippen LogP contribution is 2.16. The standard InChI is InChI=1S/C18H22ClNO/c1-13(2)17(9-10-19)20-18(21)12-14-7-8-15-5-3-4-6-16(15)11-14/h3-8,11,13,17H,9-10,12H2,1-2H3,(H,20,21). The first kappa shape index (κ1) is 15.8. The third kappa shape index (κ3) is 4.47. The molecule has 1 amide bonds. The molecule has 0 saturated heterocycles. The van der Waals surface area contributed by atoms with Crippen LogP contribution < -0.4 is 5.32 Å². The highest BCUT2D eigenvalue weighted by Gasteiger charge is 2.15. The Labute approximate surface area is 131 Å². The molecule has 2 aromatic carbocycles. The number of rotatable bonds is 6. The Kier molecular flexibility index (Phi) is 5.63. The van der Waals surface area contributed by atoms with Crippen LogP contribution in [0.15, 0.2) is 42.5 Å². The van der Waals surface area contributed by atoms with Gasteiger partial charge in [-0.05, 0) is 28.7 Å². The van der Waals surface area contributed by atoms with Crippen LogP contribution in [-0.2, 0) is 11.2 Å². The number of halogens is 1. The van der Waals surface area contributed by atoms with Crippen LogP contribution in [0.1, 0.15) is 25.8 Å². The minimum atomic E-state index is 0.0640. The molecule has 2 aromatic rings. The molecule has 0 radical (unpaired) electrons. The van der Waals surface area contributed by atoms with Crippen molar-refractivity contribution in [3.8, 4) is 0 Å². The van der Waals surface area contributed by atoms with Crippen molar-refractivity contribution in [3.63, 3.8) is 0 Å². The Morgan fingerprint density at radius 2 is 1.86 bits per heavy atom. The molecule has 3 heteroatoms. The molecular weight excluding hydrogens is 282 g/mol. The molecule has 1 unspecified atom stereocenters. The average Bonchev–Trinajstić information content (AvgIpc) is 2.46. The summed E-state index contributed by atoms with van der Waals surface area (Å²) >= 11 is 5.80. The molecule has 0 saturated carbocycles. The number of hydrogen-bond acceptors (Lipinski definition) is 1. The second-order valence-electron chi connectivity index (χ2n) is 5.75. The van der Waals surface area contributed by atoms with Crippen molar-refractivity contribution in [1.82, 2.24) is 5.32 Å². The van der Waals surface area contributed by atoms with Crippen molar-refractivity contribution in [2.45, 2.75) is 32.7 Å². The molecule has 0 aromatic heterocycles. The smallest absolute Gasteiger partial charge is 0.224 e. The maximum atomic E-state index is 12.2. The Bertz CT molecular complexity index is 609. The molecular formula is C18H22ClNO. The summed E-state index contributed by atoms with van der Waals surface area (Å²) in [5, 5.41) is 5.46. The number of benzene rings is 2. The number of carbonyl (C=O) groups is 1. The zero-order valence-electron chi connectivity index (χ0n) is 12.6. The second-order valence-corrected chi connectivity index (χ2v) is 6.13. The SMILES string of the molecule is CC(C)C(CCCl)NC(=O)Cc1ccc2ccccc2c1. The van der Waals surface area contributed by atoms with Crippen molar-refractivity contribution in [2.75, 3.05) is 5.88 Å². The van der Waals surface area contributed by atoms with Gasteiger partial charge in [-0.3, -0.25) is 4.79 Å². The monoisotopic (exact) mass is 303 g/mol. The highest BCUT2D eigenvalue weighted by atomic mass is 35.5. The number of carbonyl (C=O) groups excluding carboxylic acids is 1. The van der Waals surface area contributed by atoms with Crippen LogP contribution in [0.5, 0.6) is 0 Å². The van der Waals surface area contributed by atoms with Gasteiger partial charge in [-0.2, -0.15) is 0 Å². The van der Waals surface area contributed by atoms with Gasteiger partial charge in [-0.25, -0.2) is 0 Å². The van der Waals surface area contributed by atoms with Crippen molar-refractivity contribution >= 4 is 28.3 Å². The minimum Gasteiger partial charge on any atom is -0.353 e. The van der Waals surface area contributed by atoms with Crippen molar-refractivity contribution < 1.29 is 4.79 Å². The van der Waals surface area contributed by atoms with Gasteiger partial charge < -0.3 is 5.32 Å². The van der Waals surface area contributed by atoms with E-state index < -0.39 is 0 Å². The predicted molar refractivity (Wildman–Crippen MR) is 89.8 cm³/mol. The van der Waals surface area contributed by atoms with E-state index in [0.717, 1.165) is 12.0 Å². The first-order chi connectivity index (χ1) is 10.1. The summed E-state index contributed by atoms with van der Waals surface area (Å²) in [7, 11) is 0. The molecule has 0 bridgehead atoms. The van der Waals surface area contributed by atoms with E-state index in [9.17, 15) is 4.79 Å². The van der Waals surface area contributed by atoms with Gasteiger partial charge in [-0.15, -0.1) is 11.6 Å².